The summed E-state index contributed by atoms with van der Waals surface area (Å²) in [5.74, 6) is -0.991. The molecular weight excluding hydrogens is 339 g/mol. The lowest BCUT2D eigenvalue weighted by molar-refractivity contribution is -0.124. The van der Waals surface area contributed by atoms with Crippen molar-refractivity contribution in [3.05, 3.63) is 63.9 Å². The maximum absolute atomic E-state index is 11.7. The number of hydrogen-bond acceptors (Lipinski definition) is 4. The van der Waals surface area contributed by atoms with Gasteiger partial charge in [-0.15, -0.1) is 0 Å². The highest BCUT2D eigenvalue weighted by Crippen LogP contribution is 2.10. The molecule has 1 aromatic heterocycles. The largest absolute Gasteiger partial charge is 0.452 e. The van der Waals surface area contributed by atoms with Crippen LogP contribution in [0.15, 0.2) is 42.6 Å². The Morgan fingerprint density at radius 1 is 1.13 bits per heavy atom. The second kappa shape index (κ2) is 8.50. The van der Waals surface area contributed by atoms with Crippen LogP contribution in [0.1, 0.15) is 15.9 Å². The lowest BCUT2D eigenvalue weighted by Gasteiger charge is -2.07. The molecule has 0 radical (unpaired) electrons. The van der Waals surface area contributed by atoms with Gasteiger partial charge in [-0.05, 0) is 36.2 Å². The number of carbonyl (C=O) groups excluding carboxylic acids is 2. The van der Waals surface area contributed by atoms with Crippen LogP contribution in [0.3, 0.4) is 0 Å². The molecule has 0 saturated heterocycles. The van der Waals surface area contributed by atoms with Gasteiger partial charge in [0.15, 0.2) is 6.61 Å². The third-order valence-corrected chi connectivity index (χ3v) is 3.40. The van der Waals surface area contributed by atoms with Gasteiger partial charge in [0, 0.05) is 17.8 Å². The first-order chi connectivity index (χ1) is 11.0. The van der Waals surface area contributed by atoms with Gasteiger partial charge in [-0.3, -0.25) is 4.79 Å². The van der Waals surface area contributed by atoms with Crippen molar-refractivity contribution >= 4 is 35.1 Å². The molecule has 0 saturated carbocycles. The van der Waals surface area contributed by atoms with E-state index >= 15 is 0 Å². The second-order valence-corrected chi connectivity index (χ2v) is 5.49. The standard InChI is InChI=1S/C16H14Cl2N2O3/c17-13-3-1-11(2-4-13)5-7-20-15(21)10-23-16(22)12-6-8-19-14(18)9-12/h1-4,6,8-9H,5,7,10H2,(H,20,21). The molecule has 0 bridgehead atoms. The molecule has 1 aromatic carbocycles. The first-order valence-electron chi connectivity index (χ1n) is 6.84. The van der Waals surface area contributed by atoms with E-state index in [9.17, 15) is 9.59 Å². The number of nitrogens with zero attached hydrogens (tertiary/aromatic N) is 1. The Morgan fingerprint density at radius 2 is 1.87 bits per heavy atom. The topological polar surface area (TPSA) is 68.3 Å². The van der Waals surface area contributed by atoms with Gasteiger partial charge in [-0.25, -0.2) is 9.78 Å². The summed E-state index contributed by atoms with van der Waals surface area (Å²) in [6.07, 6.45) is 2.06. The number of halogens is 2. The molecule has 0 fully saturated rings. The van der Waals surface area contributed by atoms with Crippen LogP contribution in [0.4, 0.5) is 0 Å². The van der Waals surface area contributed by atoms with E-state index in [1.165, 1.54) is 18.3 Å². The van der Waals surface area contributed by atoms with E-state index in [-0.39, 0.29) is 23.2 Å². The summed E-state index contributed by atoms with van der Waals surface area (Å²) < 4.78 is 4.91. The smallest absolute Gasteiger partial charge is 0.338 e. The summed E-state index contributed by atoms with van der Waals surface area (Å²) in [5.41, 5.74) is 1.30. The van der Waals surface area contributed by atoms with Crippen molar-refractivity contribution in [3.63, 3.8) is 0 Å². The average Bonchev–Trinajstić information content (AvgIpc) is 2.54. The number of ether oxygens (including phenoxy) is 1. The van der Waals surface area contributed by atoms with E-state index in [0.29, 0.717) is 18.0 Å². The van der Waals surface area contributed by atoms with Crippen molar-refractivity contribution in [1.29, 1.82) is 0 Å². The summed E-state index contributed by atoms with van der Waals surface area (Å²) in [5, 5.41) is 3.53. The number of carbonyl (C=O) groups is 2. The lowest BCUT2D eigenvalue weighted by atomic mass is 10.1. The fourth-order valence-electron chi connectivity index (χ4n) is 1.79. The highest BCUT2D eigenvalue weighted by atomic mass is 35.5. The fraction of sp³-hybridized carbons (Fsp3) is 0.188. The first kappa shape index (κ1) is 17.2. The molecule has 0 aliphatic carbocycles. The molecule has 1 amide bonds. The Morgan fingerprint density at radius 3 is 2.57 bits per heavy atom. The first-order valence-corrected chi connectivity index (χ1v) is 7.60. The third-order valence-electron chi connectivity index (χ3n) is 2.95. The van der Waals surface area contributed by atoms with Gasteiger partial charge in [-0.1, -0.05) is 35.3 Å². The normalized spacial score (nSPS) is 10.2. The van der Waals surface area contributed by atoms with Gasteiger partial charge in [0.2, 0.25) is 0 Å². The summed E-state index contributed by atoms with van der Waals surface area (Å²) in [6.45, 7) is 0.0957. The van der Waals surface area contributed by atoms with E-state index in [1.54, 1.807) is 12.1 Å². The van der Waals surface area contributed by atoms with Crippen molar-refractivity contribution in [1.82, 2.24) is 10.3 Å². The summed E-state index contributed by atoms with van der Waals surface area (Å²) >= 11 is 11.5. The molecule has 0 atom stereocenters. The highest BCUT2D eigenvalue weighted by molar-refractivity contribution is 6.30. The fourth-order valence-corrected chi connectivity index (χ4v) is 2.09. The van der Waals surface area contributed by atoms with E-state index in [4.69, 9.17) is 27.9 Å². The maximum Gasteiger partial charge on any atom is 0.338 e. The molecule has 0 aliphatic rings. The van der Waals surface area contributed by atoms with Crippen LogP contribution in [-0.4, -0.2) is 30.0 Å². The second-order valence-electron chi connectivity index (χ2n) is 4.67. The SMILES string of the molecule is O=C(COC(=O)c1ccnc(Cl)c1)NCCc1ccc(Cl)cc1. The van der Waals surface area contributed by atoms with Crippen LogP contribution in [0.5, 0.6) is 0 Å². The number of aromatic nitrogens is 1. The Balaban J connectivity index is 1.70. The molecule has 5 nitrogen and oxygen atoms in total. The number of hydrogen-bond donors (Lipinski definition) is 1. The number of rotatable bonds is 6. The van der Waals surface area contributed by atoms with E-state index < -0.39 is 5.97 Å². The number of pyridine rings is 1. The summed E-state index contributed by atoms with van der Waals surface area (Å²) in [7, 11) is 0. The Kier molecular flexibility index (Phi) is 6.38. The van der Waals surface area contributed by atoms with E-state index in [0.717, 1.165) is 5.56 Å². The molecule has 0 spiro atoms. The lowest BCUT2D eigenvalue weighted by Crippen LogP contribution is -2.30. The summed E-state index contributed by atoms with van der Waals surface area (Å²) in [6, 6.07) is 10.2. The molecule has 120 valence electrons. The van der Waals surface area contributed by atoms with Crippen LogP contribution in [0.2, 0.25) is 10.2 Å². The molecule has 0 unspecified atom stereocenters. The Bertz CT molecular complexity index is 690. The predicted molar refractivity (Wildman–Crippen MR) is 87.7 cm³/mol. The van der Waals surface area contributed by atoms with Crippen LogP contribution in [-0.2, 0) is 16.0 Å². The molecular formula is C16H14Cl2N2O3. The zero-order valence-electron chi connectivity index (χ0n) is 12.1. The van der Waals surface area contributed by atoms with E-state index in [2.05, 4.69) is 10.3 Å². The van der Waals surface area contributed by atoms with Gasteiger partial charge in [0.05, 0.1) is 5.56 Å². The minimum atomic E-state index is -0.623. The van der Waals surface area contributed by atoms with E-state index in [1.807, 2.05) is 12.1 Å². The number of nitrogens with one attached hydrogen (secondary N) is 1. The quantitative estimate of drug-likeness (QED) is 0.641. The minimum absolute atomic E-state index is 0.187. The van der Waals surface area contributed by atoms with Gasteiger partial charge < -0.3 is 10.1 Å². The van der Waals surface area contributed by atoms with Crippen LogP contribution >= 0.6 is 23.2 Å². The molecule has 23 heavy (non-hydrogen) atoms. The maximum atomic E-state index is 11.7. The molecule has 1 heterocycles. The van der Waals surface area contributed by atoms with Crippen molar-refractivity contribution < 1.29 is 14.3 Å². The van der Waals surface area contributed by atoms with Crippen LogP contribution in [0, 0.1) is 0 Å². The van der Waals surface area contributed by atoms with Crippen LogP contribution in [0.25, 0.3) is 0 Å². The van der Waals surface area contributed by atoms with Crippen molar-refractivity contribution in [2.75, 3.05) is 13.2 Å². The monoisotopic (exact) mass is 352 g/mol. The van der Waals surface area contributed by atoms with Crippen molar-refractivity contribution in [2.45, 2.75) is 6.42 Å². The molecule has 2 rings (SSSR count). The van der Waals surface area contributed by atoms with Gasteiger partial charge >= 0.3 is 5.97 Å². The van der Waals surface area contributed by atoms with Gasteiger partial charge in [-0.2, -0.15) is 0 Å². The number of esters is 1. The molecule has 0 aliphatic heterocycles. The van der Waals surface area contributed by atoms with Gasteiger partial charge in [0.1, 0.15) is 5.15 Å². The molecule has 7 heteroatoms. The Hall–Kier alpha value is -2.11. The van der Waals surface area contributed by atoms with Crippen molar-refractivity contribution in [2.24, 2.45) is 0 Å². The Labute approximate surface area is 143 Å². The summed E-state index contributed by atoms with van der Waals surface area (Å²) in [4.78, 5) is 27.1. The number of benzene rings is 1. The number of amides is 1. The third kappa shape index (κ3) is 5.88. The van der Waals surface area contributed by atoms with Crippen LogP contribution < -0.4 is 5.32 Å². The predicted octanol–water partition coefficient (Wildman–Crippen LogP) is 2.90. The van der Waals surface area contributed by atoms with Crippen molar-refractivity contribution in [3.8, 4) is 0 Å². The molecule has 1 N–H and O–H groups in total. The zero-order valence-corrected chi connectivity index (χ0v) is 13.6. The highest BCUT2D eigenvalue weighted by Gasteiger charge is 2.10. The molecule has 2 aromatic rings. The average molecular weight is 353 g/mol. The zero-order chi connectivity index (χ0) is 16.7. The minimum Gasteiger partial charge on any atom is -0.452 e. The van der Waals surface area contributed by atoms with Gasteiger partial charge in [0.25, 0.3) is 5.91 Å².